The van der Waals surface area contributed by atoms with Gasteiger partial charge in [0.05, 0.1) is 11.7 Å². The molecule has 0 unspecified atom stereocenters. The highest BCUT2D eigenvalue weighted by molar-refractivity contribution is 7.80. The number of thiocarbonyl (C=S) groups is 1. The number of hydrogen-bond donors (Lipinski definition) is 1. The Kier molecular flexibility index (Phi) is 5.13. The van der Waals surface area contributed by atoms with Gasteiger partial charge in [0.1, 0.15) is 17.6 Å². The molecule has 1 aliphatic rings. The number of furan rings is 1. The quantitative estimate of drug-likeness (QED) is 0.559. The van der Waals surface area contributed by atoms with Crippen LogP contribution in [0.25, 0.3) is 11.3 Å². The predicted octanol–water partition coefficient (Wildman–Crippen LogP) is 5.68. The van der Waals surface area contributed by atoms with Gasteiger partial charge in [0.15, 0.2) is 5.11 Å². The lowest BCUT2D eigenvalue weighted by atomic mass is 10.0. The van der Waals surface area contributed by atoms with E-state index in [4.69, 9.17) is 28.2 Å². The molecule has 3 heterocycles. The Morgan fingerprint density at radius 2 is 2.00 bits per heavy atom. The van der Waals surface area contributed by atoms with Gasteiger partial charge in [-0.25, -0.2) is 0 Å². The largest absolute Gasteiger partial charge is 0.459 e. The van der Waals surface area contributed by atoms with Gasteiger partial charge < -0.3 is 14.6 Å². The Labute approximate surface area is 175 Å². The molecule has 6 heteroatoms. The van der Waals surface area contributed by atoms with E-state index >= 15 is 0 Å². The van der Waals surface area contributed by atoms with Gasteiger partial charge in [-0.05, 0) is 75.0 Å². The van der Waals surface area contributed by atoms with E-state index in [1.54, 1.807) is 6.20 Å². The number of halogens is 1. The molecule has 28 heavy (non-hydrogen) atoms. The summed E-state index contributed by atoms with van der Waals surface area (Å²) in [6.45, 7) is 6.32. The first-order valence-electron chi connectivity index (χ1n) is 9.31. The smallest absolute Gasteiger partial charge is 0.170 e. The molecule has 0 spiro atoms. The van der Waals surface area contributed by atoms with Crippen molar-refractivity contribution in [1.29, 1.82) is 0 Å². The van der Waals surface area contributed by atoms with Crippen LogP contribution < -0.4 is 5.32 Å². The molecule has 1 fully saturated rings. The first-order valence-corrected chi connectivity index (χ1v) is 10.1. The second-order valence-electron chi connectivity index (χ2n) is 7.29. The van der Waals surface area contributed by atoms with Gasteiger partial charge in [0.25, 0.3) is 0 Å². The fourth-order valence-corrected chi connectivity index (χ4v) is 4.37. The van der Waals surface area contributed by atoms with Gasteiger partial charge in [-0.15, -0.1) is 0 Å². The summed E-state index contributed by atoms with van der Waals surface area (Å²) < 4.78 is 6.34. The zero-order chi connectivity index (χ0) is 19.8. The van der Waals surface area contributed by atoms with Crippen molar-refractivity contribution in [3.63, 3.8) is 0 Å². The molecular weight excluding hydrogens is 390 g/mol. The van der Waals surface area contributed by atoms with Crippen LogP contribution in [-0.4, -0.2) is 21.0 Å². The second-order valence-corrected chi connectivity index (χ2v) is 8.11. The summed E-state index contributed by atoms with van der Waals surface area (Å²) in [6, 6.07) is 15.9. The molecule has 144 valence electrons. The highest BCUT2D eigenvalue weighted by atomic mass is 35.5. The number of nitrogens with one attached hydrogen (secondary N) is 1. The molecule has 4 rings (SSSR count). The number of aromatic nitrogens is 1. The molecule has 0 amide bonds. The van der Waals surface area contributed by atoms with Gasteiger partial charge in [-0.2, -0.15) is 0 Å². The van der Waals surface area contributed by atoms with Gasteiger partial charge in [0, 0.05) is 22.8 Å². The van der Waals surface area contributed by atoms with Crippen molar-refractivity contribution >= 4 is 28.9 Å². The second kappa shape index (κ2) is 7.57. The minimum absolute atomic E-state index is 0.0735. The lowest BCUT2D eigenvalue weighted by Crippen LogP contribution is -2.35. The normalized spacial score (nSPS) is 19.3. The predicted molar refractivity (Wildman–Crippen MR) is 116 cm³/mol. The maximum Gasteiger partial charge on any atom is 0.170 e. The Morgan fingerprint density at radius 3 is 2.71 bits per heavy atom. The third-order valence-electron chi connectivity index (χ3n) is 5.08. The fraction of sp³-hybridized carbons (Fsp3) is 0.273. The van der Waals surface area contributed by atoms with Gasteiger partial charge in [-0.3, -0.25) is 4.98 Å². The van der Waals surface area contributed by atoms with Crippen LogP contribution in [0, 0.1) is 6.92 Å². The van der Waals surface area contributed by atoms with Crippen LogP contribution in [-0.2, 0) is 0 Å². The molecule has 0 aliphatic carbocycles. The lowest BCUT2D eigenvalue weighted by Gasteiger charge is -2.29. The first kappa shape index (κ1) is 19.0. The fourth-order valence-electron chi connectivity index (χ4n) is 3.74. The molecule has 0 radical (unpaired) electrons. The van der Waals surface area contributed by atoms with Crippen LogP contribution in [0.2, 0.25) is 5.02 Å². The summed E-state index contributed by atoms with van der Waals surface area (Å²) >= 11 is 11.8. The maximum absolute atomic E-state index is 6.34. The van der Waals surface area contributed by atoms with E-state index in [2.05, 4.69) is 36.0 Å². The lowest BCUT2D eigenvalue weighted by molar-refractivity contribution is 0.237. The van der Waals surface area contributed by atoms with E-state index in [-0.39, 0.29) is 18.1 Å². The van der Waals surface area contributed by atoms with E-state index in [1.165, 1.54) is 0 Å². The molecule has 4 nitrogen and oxygen atoms in total. The molecule has 2 atom stereocenters. The van der Waals surface area contributed by atoms with Crippen molar-refractivity contribution in [3.8, 4) is 11.3 Å². The SMILES string of the molecule is Cc1ccc(Cl)cc1-c1ccc([C@@H]2[C@@H](c3ccccn3)NC(=S)N2C(C)C)o1. The minimum atomic E-state index is -0.0736. The van der Waals surface area contributed by atoms with Gasteiger partial charge in [-0.1, -0.05) is 23.7 Å². The zero-order valence-electron chi connectivity index (χ0n) is 16.0. The van der Waals surface area contributed by atoms with E-state index in [0.717, 1.165) is 28.3 Å². The number of benzene rings is 1. The van der Waals surface area contributed by atoms with Crippen molar-refractivity contribution < 1.29 is 4.42 Å². The zero-order valence-corrected chi connectivity index (χ0v) is 17.6. The van der Waals surface area contributed by atoms with Crippen molar-refractivity contribution in [2.24, 2.45) is 0 Å². The first-order chi connectivity index (χ1) is 13.5. The molecule has 1 N–H and O–H groups in total. The van der Waals surface area contributed by atoms with E-state index in [9.17, 15) is 0 Å². The average molecular weight is 412 g/mol. The van der Waals surface area contributed by atoms with Crippen LogP contribution in [0.1, 0.15) is 42.9 Å². The third-order valence-corrected chi connectivity index (χ3v) is 5.64. The maximum atomic E-state index is 6.34. The number of nitrogens with zero attached hydrogens (tertiary/aromatic N) is 2. The molecule has 0 bridgehead atoms. The van der Waals surface area contributed by atoms with Crippen molar-refractivity contribution in [3.05, 3.63) is 76.8 Å². The Bertz CT molecular complexity index is 1000. The van der Waals surface area contributed by atoms with Crippen LogP contribution in [0.3, 0.4) is 0 Å². The summed E-state index contributed by atoms with van der Waals surface area (Å²) in [4.78, 5) is 6.73. The third kappa shape index (κ3) is 3.40. The summed E-state index contributed by atoms with van der Waals surface area (Å²) in [7, 11) is 0. The van der Waals surface area contributed by atoms with E-state index in [0.29, 0.717) is 10.1 Å². The molecule has 1 aliphatic heterocycles. The number of hydrogen-bond acceptors (Lipinski definition) is 3. The monoisotopic (exact) mass is 411 g/mol. The van der Waals surface area contributed by atoms with Gasteiger partial charge in [0.2, 0.25) is 0 Å². The molecule has 1 aromatic carbocycles. The standard InChI is InChI=1S/C22H22ClN3OS/c1-13(2)26-21(20(25-22(26)28)17-6-4-5-11-24-17)19-10-9-18(27-19)16-12-15(23)8-7-14(16)3/h4-13,20-21H,1-3H3,(H,25,28)/t20-,21-/m1/s1. The summed E-state index contributed by atoms with van der Waals surface area (Å²) in [5, 5.41) is 4.84. The topological polar surface area (TPSA) is 41.3 Å². The Hall–Kier alpha value is -2.37. The van der Waals surface area contributed by atoms with Gasteiger partial charge >= 0.3 is 0 Å². The van der Waals surface area contributed by atoms with Crippen molar-refractivity contribution in [2.45, 2.75) is 38.9 Å². The Balaban J connectivity index is 1.77. The van der Waals surface area contributed by atoms with E-state index < -0.39 is 0 Å². The molecular formula is C22H22ClN3OS. The van der Waals surface area contributed by atoms with Crippen molar-refractivity contribution in [1.82, 2.24) is 15.2 Å². The highest BCUT2D eigenvalue weighted by Gasteiger charge is 2.42. The summed E-state index contributed by atoms with van der Waals surface area (Å²) in [5.74, 6) is 1.65. The number of rotatable bonds is 4. The van der Waals surface area contributed by atoms with Crippen LogP contribution >= 0.6 is 23.8 Å². The average Bonchev–Trinajstić information content (AvgIpc) is 3.28. The van der Waals surface area contributed by atoms with Crippen LogP contribution in [0.5, 0.6) is 0 Å². The molecule has 1 saturated heterocycles. The number of aryl methyl sites for hydroxylation is 1. The molecule has 2 aromatic heterocycles. The Morgan fingerprint density at radius 1 is 1.18 bits per heavy atom. The number of pyridine rings is 1. The van der Waals surface area contributed by atoms with E-state index in [1.807, 2.05) is 48.5 Å². The molecule has 0 saturated carbocycles. The highest BCUT2D eigenvalue weighted by Crippen LogP contribution is 2.41. The minimum Gasteiger partial charge on any atom is -0.459 e. The van der Waals surface area contributed by atoms with Crippen LogP contribution in [0.4, 0.5) is 0 Å². The van der Waals surface area contributed by atoms with Crippen molar-refractivity contribution in [2.75, 3.05) is 0 Å². The molecule has 3 aromatic rings. The van der Waals surface area contributed by atoms with Crippen LogP contribution in [0.15, 0.2) is 59.1 Å². The summed E-state index contributed by atoms with van der Waals surface area (Å²) in [5.41, 5.74) is 3.06. The summed E-state index contributed by atoms with van der Waals surface area (Å²) in [6.07, 6.45) is 1.80.